The Hall–Kier alpha value is -2.21. The topological polar surface area (TPSA) is 75.7 Å². The molecular weight excluding hydrogens is 284 g/mol. The second kappa shape index (κ2) is 8.94. The smallest absolute Gasteiger partial charge is 0.237 e. The number of rotatable bonds is 9. The molecule has 1 aromatic carbocycles. The average molecular weight is 306 g/mol. The van der Waals surface area contributed by atoms with Crippen molar-refractivity contribution in [1.29, 1.82) is 0 Å². The van der Waals surface area contributed by atoms with Gasteiger partial charge in [0.25, 0.3) is 0 Å². The zero-order valence-electron chi connectivity index (χ0n) is 13.2. The van der Waals surface area contributed by atoms with Gasteiger partial charge in [0.15, 0.2) is 0 Å². The van der Waals surface area contributed by atoms with Crippen LogP contribution < -0.4 is 10.1 Å². The van der Waals surface area contributed by atoms with Crippen LogP contribution in [0.3, 0.4) is 0 Å². The van der Waals surface area contributed by atoms with Crippen LogP contribution in [0.5, 0.6) is 5.75 Å². The fourth-order valence-electron chi connectivity index (χ4n) is 2.28. The van der Waals surface area contributed by atoms with Crippen LogP contribution in [0.15, 0.2) is 18.2 Å². The number of ether oxygens (including phenoxy) is 1. The van der Waals surface area contributed by atoms with Crippen molar-refractivity contribution >= 4 is 18.5 Å². The third-order valence-electron chi connectivity index (χ3n) is 3.54. The lowest BCUT2D eigenvalue weighted by molar-refractivity contribution is -0.126. The van der Waals surface area contributed by atoms with Gasteiger partial charge in [-0.1, -0.05) is 0 Å². The summed E-state index contributed by atoms with van der Waals surface area (Å²) in [4.78, 5) is 35.5. The number of hydrogen-bond acceptors (Lipinski definition) is 5. The van der Waals surface area contributed by atoms with Gasteiger partial charge in [-0.3, -0.25) is 14.5 Å². The second-order valence-electron chi connectivity index (χ2n) is 4.97. The lowest BCUT2D eigenvalue weighted by Gasteiger charge is -2.26. The molecule has 6 heteroatoms. The van der Waals surface area contributed by atoms with E-state index in [-0.39, 0.29) is 5.91 Å². The highest BCUT2D eigenvalue weighted by Gasteiger charge is 2.22. The average Bonchev–Trinajstić information content (AvgIpc) is 2.54. The first-order chi connectivity index (χ1) is 10.6. The van der Waals surface area contributed by atoms with E-state index in [1.807, 2.05) is 4.90 Å². The molecule has 1 aromatic rings. The SMILES string of the molecule is CNC(=O)C(CCC=O)N(C)Cc1cc(OC)ccc1C=O. The van der Waals surface area contributed by atoms with Crippen molar-refractivity contribution in [3.05, 3.63) is 29.3 Å². The van der Waals surface area contributed by atoms with E-state index in [0.717, 1.165) is 18.1 Å². The van der Waals surface area contributed by atoms with Crippen molar-refractivity contribution in [1.82, 2.24) is 10.2 Å². The largest absolute Gasteiger partial charge is 0.497 e. The molecule has 0 aromatic heterocycles. The molecule has 0 aliphatic heterocycles. The number of amides is 1. The molecule has 1 N–H and O–H groups in total. The molecule has 1 amide bonds. The number of nitrogens with one attached hydrogen (secondary N) is 1. The highest BCUT2D eigenvalue weighted by atomic mass is 16.5. The van der Waals surface area contributed by atoms with E-state index in [2.05, 4.69) is 5.32 Å². The van der Waals surface area contributed by atoms with E-state index in [9.17, 15) is 14.4 Å². The van der Waals surface area contributed by atoms with Crippen molar-refractivity contribution in [2.45, 2.75) is 25.4 Å². The van der Waals surface area contributed by atoms with E-state index >= 15 is 0 Å². The molecule has 6 nitrogen and oxygen atoms in total. The number of likely N-dealkylation sites (N-methyl/N-ethyl adjacent to an activating group) is 2. The first kappa shape index (κ1) is 17.8. The van der Waals surface area contributed by atoms with Crippen molar-refractivity contribution in [2.24, 2.45) is 0 Å². The van der Waals surface area contributed by atoms with Crippen LogP contribution in [0.4, 0.5) is 0 Å². The molecule has 0 bridgehead atoms. The van der Waals surface area contributed by atoms with Crippen LogP contribution in [0, 0.1) is 0 Å². The fourth-order valence-corrected chi connectivity index (χ4v) is 2.28. The van der Waals surface area contributed by atoms with Gasteiger partial charge in [-0.05, 0) is 37.2 Å². The maximum Gasteiger partial charge on any atom is 0.237 e. The number of hydrogen-bond donors (Lipinski definition) is 1. The second-order valence-corrected chi connectivity index (χ2v) is 4.97. The Bertz CT molecular complexity index is 531. The van der Waals surface area contributed by atoms with E-state index in [1.54, 1.807) is 39.4 Å². The van der Waals surface area contributed by atoms with Crippen LogP contribution in [-0.2, 0) is 16.1 Å². The van der Waals surface area contributed by atoms with Gasteiger partial charge in [0.2, 0.25) is 5.91 Å². The van der Waals surface area contributed by atoms with Gasteiger partial charge >= 0.3 is 0 Å². The molecule has 0 heterocycles. The maximum absolute atomic E-state index is 12.0. The Labute approximate surface area is 130 Å². The third-order valence-corrected chi connectivity index (χ3v) is 3.54. The van der Waals surface area contributed by atoms with Crippen molar-refractivity contribution in [3.63, 3.8) is 0 Å². The molecule has 0 spiro atoms. The third kappa shape index (κ3) is 4.66. The Morgan fingerprint density at radius 1 is 1.41 bits per heavy atom. The highest BCUT2D eigenvalue weighted by molar-refractivity contribution is 5.82. The lowest BCUT2D eigenvalue weighted by atomic mass is 10.0. The molecular formula is C16H22N2O4. The number of nitrogens with zero attached hydrogens (tertiary/aromatic N) is 1. The minimum Gasteiger partial charge on any atom is -0.497 e. The number of carbonyl (C=O) groups excluding carboxylic acids is 3. The number of methoxy groups -OCH3 is 1. The fraction of sp³-hybridized carbons (Fsp3) is 0.438. The lowest BCUT2D eigenvalue weighted by Crippen LogP contribution is -2.43. The summed E-state index contributed by atoms with van der Waals surface area (Å²) in [6.07, 6.45) is 2.32. The summed E-state index contributed by atoms with van der Waals surface area (Å²) in [6.45, 7) is 0.405. The molecule has 1 rings (SSSR count). The predicted molar refractivity (Wildman–Crippen MR) is 83.0 cm³/mol. The van der Waals surface area contributed by atoms with E-state index in [1.165, 1.54) is 0 Å². The molecule has 0 radical (unpaired) electrons. The normalized spacial score (nSPS) is 11.8. The van der Waals surface area contributed by atoms with Crippen LogP contribution in [-0.4, -0.2) is 50.6 Å². The first-order valence-corrected chi connectivity index (χ1v) is 7.04. The molecule has 0 saturated heterocycles. The van der Waals surface area contributed by atoms with Crippen molar-refractivity contribution < 1.29 is 19.1 Å². The van der Waals surface area contributed by atoms with Gasteiger partial charge in [-0.15, -0.1) is 0 Å². The maximum atomic E-state index is 12.0. The molecule has 0 saturated carbocycles. The van der Waals surface area contributed by atoms with Gasteiger partial charge < -0.3 is 14.8 Å². The molecule has 1 atom stereocenters. The van der Waals surface area contributed by atoms with Gasteiger partial charge in [0.05, 0.1) is 13.2 Å². The van der Waals surface area contributed by atoms with Crippen LogP contribution in [0.2, 0.25) is 0 Å². The molecule has 1 unspecified atom stereocenters. The van der Waals surface area contributed by atoms with Crippen molar-refractivity contribution in [2.75, 3.05) is 21.2 Å². The Morgan fingerprint density at radius 2 is 2.14 bits per heavy atom. The molecule has 0 aliphatic rings. The van der Waals surface area contributed by atoms with Gasteiger partial charge in [0, 0.05) is 25.6 Å². The van der Waals surface area contributed by atoms with Gasteiger partial charge in [0.1, 0.15) is 18.3 Å². The summed E-state index contributed by atoms with van der Waals surface area (Å²) in [6, 6.07) is 4.76. The number of carbonyl (C=O) groups is 3. The molecule has 22 heavy (non-hydrogen) atoms. The van der Waals surface area contributed by atoms with Crippen LogP contribution >= 0.6 is 0 Å². The summed E-state index contributed by atoms with van der Waals surface area (Å²) in [5.74, 6) is 0.498. The standard InChI is InChI=1S/C16H22N2O4/c1-17-16(21)15(5-4-8-19)18(2)10-13-9-14(22-3)7-6-12(13)11-20/h6-9,11,15H,4-5,10H2,1-3H3,(H,17,21). The zero-order chi connectivity index (χ0) is 16.5. The monoisotopic (exact) mass is 306 g/mol. The van der Waals surface area contributed by atoms with Gasteiger partial charge in [-0.2, -0.15) is 0 Å². The molecule has 120 valence electrons. The highest BCUT2D eigenvalue weighted by Crippen LogP contribution is 2.19. The summed E-state index contributed by atoms with van der Waals surface area (Å²) in [5, 5.41) is 2.60. The predicted octanol–water partition coefficient (Wildman–Crippen LogP) is 1.03. The first-order valence-electron chi connectivity index (χ1n) is 7.04. The molecule has 0 aliphatic carbocycles. The summed E-state index contributed by atoms with van der Waals surface area (Å²) < 4.78 is 5.17. The molecule has 0 fully saturated rings. The summed E-state index contributed by atoms with van der Waals surface area (Å²) in [5.41, 5.74) is 1.33. The van der Waals surface area contributed by atoms with Crippen LogP contribution in [0.1, 0.15) is 28.8 Å². The van der Waals surface area contributed by atoms with E-state index in [0.29, 0.717) is 30.7 Å². The number of aldehydes is 2. The Kier molecular flexibility index (Phi) is 7.25. The number of benzene rings is 1. The quantitative estimate of drug-likeness (QED) is 0.690. The van der Waals surface area contributed by atoms with Crippen molar-refractivity contribution in [3.8, 4) is 5.75 Å². The summed E-state index contributed by atoms with van der Waals surface area (Å²) in [7, 11) is 4.91. The van der Waals surface area contributed by atoms with E-state index < -0.39 is 6.04 Å². The zero-order valence-corrected chi connectivity index (χ0v) is 13.2. The summed E-state index contributed by atoms with van der Waals surface area (Å²) >= 11 is 0. The Balaban J connectivity index is 2.96. The minimum absolute atomic E-state index is 0.153. The van der Waals surface area contributed by atoms with Gasteiger partial charge in [-0.25, -0.2) is 0 Å². The minimum atomic E-state index is -0.430. The Morgan fingerprint density at radius 3 is 2.68 bits per heavy atom. The van der Waals surface area contributed by atoms with E-state index in [4.69, 9.17) is 4.74 Å². The van der Waals surface area contributed by atoms with Crippen LogP contribution in [0.25, 0.3) is 0 Å².